The van der Waals surface area contributed by atoms with E-state index < -0.39 is 10.0 Å². The number of thiophene rings is 1. The molecule has 1 aromatic carbocycles. The zero-order valence-corrected chi connectivity index (χ0v) is 18.5. The van der Waals surface area contributed by atoms with Gasteiger partial charge in [0.1, 0.15) is 4.21 Å². The minimum absolute atomic E-state index is 0.116. The molecule has 0 unspecified atom stereocenters. The van der Waals surface area contributed by atoms with Crippen molar-refractivity contribution in [1.82, 2.24) is 9.29 Å². The van der Waals surface area contributed by atoms with E-state index in [1.807, 2.05) is 35.7 Å². The Morgan fingerprint density at radius 3 is 2.52 bits per heavy atom. The predicted molar refractivity (Wildman–Crippen MR) is 117 cm³/mol. The Morgan fingerprint density at radius 2 is 1.86 bits per heavy atom. The molecule has 0 saturated carbocycles. The first kappa shape index (κ1) is 20.5. The van der Waals surface area contributed by atoms with E-state index in [1.165, 1.54) is 21.7 Å². The molecule has 0 spiro atoms. The molecule has 1 N–H and O–H groups in total. The van der Waals surface area contributed by atoms with Gasteiger partial charge in [0.05, 0.1) is 10.0 Å². The summed E-state index contributed by atoms with van der Waals surface area (Å²) in [6.07, 6.45) is 0.947. The molecule has 0 radical (unpaired) electrons. The van der Waals surface area contributed by atoms with E-state index in [9.17, 15) is 13.2 Å². The van der Waals surface area contributed by atoms with Gasteiger partial charge in [-0.15, -0.1) is 22.7 Å². The third-order valence-corrected chi connectivity index (χ3v) is 9.13. The van der Waals surface area contributed by atoms with Crippen molar-refractivity contribution >= 4 is 55.3 Å². The second-order valence-electron chi connectivity index (χ2n) is 6.63. The van der Waals surface area contributed by atoms with Gasteiger partial charge in [0.25, 0.3) is 10.0 Å². The molecular formula is C19H18ClN3O3S3. The molecule has 2 aromatic heterocycles. The van der Waals surface area contributed by atoms with Crippen LogP contribution in [-0.2, 0) is 14.8 Å². The molecule has 1 amide bonds. The number of carbonyl (C=O) groups is 1. The fourth-order valence-corrected chi connectivity index (χ4v) is 7.03. The van der Waals surface area contributed by atoms with Crippen LogP contribution in [0.3, 0.4) is 0 Å². The Bertz CT molecular complexity index is 1100. The molecule has 3 aromatic rings. The van der Waals surface area contributed by atoms with Crippen molar-refractivity contribution < 1.29 is 13.2 Å². The summed E-state index contributed by atoms with van der Waals surface area (Å²) in [6.45, 7) is 0.617. The average molecular weight is 468 g/mol. The molecular weight excluding hydrogens is 450 g/mol. The number of sulfonamides is 1. The molecule has 10 heteroatoms. The maximum Gasteiger partial charge on any atom is 0.252 e. The van der Waals surface area contributed by atoms with Gasteiger partial charge in [-0.05, 0) is 25.0 Å². The quantitative estimate of drug-likeness (QED) is 0.596. The van der Waals surface area contributed by atoms with E-state index in [0.717, 1.165) is 22.6 Å². The van der Waals surface area contributed by atoms with Crippen molar-refractivity contribution in [2.24, 2.45) is 5.92 Å². The number of piperidine rings is 1. The van der Waals surface area contributed by atoms with Gasteiger partial charge in [-0.2, -0.15) is 4.31 Å². The number of hydrogen-bond donors (Lipinski definition) is 1. The number of carbonyl (C=O) groups excluding carboxylic acids is 1. The van der Waals surface area contributed by atoms with Crippen LogP contribution in [0.15, 0.2) is 52.1 Å². The number of nitrogens with zero attached hydrogens (tertiary/aromatic N) is 2. The number of halogens is 1. The Labute approximate surface area is 182 Å². The number of anilines is 1. The fraction of sp³-hybridized carbons (Fsp3) is 0.263. The summed E-state index contributed by atoms with van der Waals surface area (Å²) in [5.41, 5.74) is 1.82. The lowest BCUT2D eigenvalue weighted by Crippen LogP contribution is -2.41. The fourth-order valence-electron chi connectivity index (χ4n) is 3.20. The van der Waals surface area contributed by atoms with Crippen LogP contribution in [0.2, 0.25) is 4.34 Å². The lowest BCUT2D eigenvalue weighted by molar-refractivity contribution is -0.120. The minimum Gasteiger partial charge on any atom is -0.302 e. The summed E-state index contributed by atoms with van der Waals surface area (Å²) in [5.74, 6) is -0.354. The number of nitrogens with one attached hydrogen (secondary N) is 1. The predicted octanol–water partition coefficient (Wildman–Crippen LogP) is 4.56. The summed E-state index contributed by atoms with van der Waals surface area (Å²) in [7, 11) is -3.55. The van der Waals surface area contributed by atoms with E-state index in [-0.39, 0.29) is 16.0 Å². The lowest BCUT2D eigenvalue weighted by Gasteiger charge is -2.29. The number of amides is 1. The Balaban J connectivity index is 1.35. The van der Waals surface area contributed by atoms with Crippen molar-refractivity contribution in [3.8, 4) is 11.3 Å². The summed E-state index contributed by atoms with van der Waals surface area (Å²) in [4.78, 5) is 17.1. The first-order valence-corrected chi connectivity index (χ1v) is 12.5. The van der Waals surface area contributed by atoms with E-state index in [0.29, 0.717) is 35.4 Å². The molecule has 6 nitrogen and oxygen atoms in total. The summed E-state index contributed by atoms with van der Waals surface area (Å²) < 4.78 is 27.5. The topological polar surface area (TPSA) is 79.4 Å². The first-order chi connectivity index (χ1) is 13.9. The van der Waals surface area contributed by atoms with Crippen LogP contribution in [0.4, 0.5) is 5.13 Å². The van der Waals surface area contributed by atoms with Gasteiger partial charge in [-0.1, -0.05) is 41.9 Å². The van der Waals surface area contributed by atoms with Gasteiger partial charge in [-0.25, -0.2) is 13.4 Å². The van der Waals surface area contributed by atoms with Crippen LogP contribution in [-0.4, -0.2) is 36.7 Å². The van der Waals surface area contributed by atoms with E-state index in [4.69, 9.17) is 11.6 Å². The maximum absolute atomic E-state index is 12.7. The highest BCUT2D eigenvalue weighted by molar-refractivity contribution is 7.91. The van der Waals surface area contributed by atoms with Crippen LogP contribution in [0.5, 0.6) is 0 Å². The molecule has 3 heterocycles. The second kappa shape index (κ2) is 8.53. The monoisotopic (exact) mass is 467 g/mol. The molecule has 1 fully saturated rings. The minimum atomic E-state index is -3.55. The molecule has 4 rings (SSSR count). The zero-order chi connectivity index (χ0) is 20.4. The van der Waals surface area contributed by atoms with Gasteiger partial charge in [0.2, 0.25) is 5.91 Å². The Morgan fingerprint density at radius 1 is 1.14 bits per heavy atom. The molecule has 0 bridgehead atoms. The van der Waals surface area contributed by atoms with Gasteiger partial charge < -0.3 is 5.32 Å². The van der Waals surface area contributed by atoms with Gasteiger partial charge >= 0.3 is 0 Å². The number of rotatable bonds is 5. The van der Waals surface area contributed by atoms with Crippen molar-refractivity contribution in [1.29, 1.82) is 0 Å². The molecule has 0 aliphatic carbocycles. The van der Waals surface area contributed by atoms with Crippen LogP contribution in [0.1, 0.15) is 12.8 Å². The van der Waals surface area contributed by atoms with Crippen molar-refractivity contribution in [2.45, 2.75) is 17.1 Å². The van der Waals surface area contributed by atoms with Crippen molar-refractivity contribution in [3.63, 3.8) is 0 Å². The van der Waals surface area contributed by atoms with E-state index in [1.54, 1.807) is 6.07 Å². The highest BCUT2D eigenvalue weighted by atomic mass is 35.5. The number of benzene rings is 1. The second-order valence-corrected chi connectivity index (χ2v) is 11.4. The van der Waals surface area contributed by atoms with Crippen molar-refractivity contribution in [3.05, 3.63) is 52.2 Å². The standard InChI is InChI=1S/C19H18ClN3O3S3/c20-16-6-7-17(28-16)29(25,26)23-10-8-14(9-11-23)18(24)22-19-21-15(12-27-19)13-4-2-1-3-5-13/h1-7,12,14H,8-11H2,(H,21,22,24). The van der Waals surface area contributed by atoms with Crippen molar-refractivity contribution in [2.75, 3.05) is 18.4 Å². The Kier molecular flexibility index (Phi) is 6.03. The summed E-state index contributed by atoms with van der Waals surface area (Å²) >= 11 is 8.29. The first-order valence-electron chi connectivity index (χ1n) is 9.01. The molecule has 152 valence electrons. The van der Waals surface area contributed by atoms with E-state index >= 15 is 0 Å². The van der Waals surface area contributed by atoms with Gasteiger partial charge in [-0.3, -0.25) is 4.79 Å². The summed E-state index contributed by atoms with van der Waals surface area (Å²) in [5, 5.41) is 5.34. The highest BCUT2D eigenvalue weighted by Gasteiger charge is 2.33. The maximum atomic E-state index is 12.7. The molecule has 1 saturated heterocycles. The van der Waals surface area contributed by atoms with Crippen LogP contribution in [0.25, 0.3) is 11.3 Å². The third-order valence-electron chi connectivity index (χ3n) is 4.77. The molecule has 1 aliphatic rings. The van der Waals surface area contributed by atoms with Crippen LogP contribution >= 0.6 is 34.3 Å². The summed E-state index contributed by atoms with van der Waals surface area (Å²) in [6, 6.07) is 12.9. The SMILES string of the molecule is O=C(Nc1nc(-c2ccccc2)cs1)C1CCN(S(=O)(=O)c2ccc(Cl)s2)CC1. The number of aromatic nitrogens is 1. The molecule has 1 aliphatic heterocycles. The average Bonchev–Trinajstić information content (AvgIpc) is 3.38. The largest absolute Gasteiger partial charge is 0.302 e. The number of hydrogen-bond acceptors (Lipinski definition) is 6. The van der Waals surface area contributed by atoms with Gasteiger partial charge in [0, 0.05) is 30.0 Å². The van der Waals surface area contributed by atoms with Gasteiger partial charge in [0.15, 0.2) is 5.13 Å². The lowest BCUT2D eigenvalue weighted by atomic mass is 9.97. The molecule has 0 atom stereocenters. The normalized spacial score (nSPS) is 16.0. The van der Waals surface area contributed by atoms with Crippen LogP contribution < -0.4 is 5.32 Å². The molecule has 29 heavy (non-hydrogen) atoms. The zero-order valence-electron chi connectivity index (χ0n) is 15.2. The number of thiazole rings is 1. The van der Waals surface area contributed by atoms with Crippen LogP contribution in [0, 0.1) is 5.92 Å². The third kappa shape index (κ3) is 4.54. The smallest absolute Gasteiger partial charge is 0.252 e. The highest BCUT2D eigenvalue weighted by Crippen LogP contribution is 2.31. The Hall–Kier alpha value is -1.78. The van der Waals surface area contributed by atoms with E-state index in [2.05, 4.69) is 10.3 Å².